The zero-order valence-electron chi connectivity index (χ0n) is 27.6. The van der Waals surface area contributed by atoms with Crippen LogP contribution in [0.15, 0.2) is 176 Å². The summed E-state index contributed by atoms with van der Waals surface area (Å²) in [6.45, 7) is 0. The summed E-state index contributed by atoms with van der Waals surface area (Å²) in [7, 11) is 0. The molecule has 0 bridgehead atoms. The predicted octanol–water partition coefficient (Wildman–Crippen LogP) is 12.1. The second-order valence-electron chi connectivity index (χ2n) is 12.9. The maximum Gasteiger partial charge on any atom is 0.160 e. The summed E-state index contributed by atoms with van der Waals surface area (Å²) in [5.41, 5.74) is 9.87. The number of hydrogen-bond donors (Lipinski definition) is 1. The number of aromatic amines is 1. The van der Waals surface area contributed by atoms with Crippen LogP contribution in [0.4, 0.5) is 0 Å². The van der Waals surface area contributed by atoms with Gasteiger partial charge in [0.2, 0.25) is 0 Å². The van der Waals surface area contributed by atoms with Crippen molar-refractivity contribution in [3.8, 4) is 56.4 Å². The SMILES string of the molecule is c1ccc(-c2cc(-c3ccccc3-c3nc4ccccc4[nH]3)nc(-c3cccc(-c4ccc5c6ccccc6c6ccccc6c5c4)c3)n2)cc1. The smallest absolute Gasteiger partial charge is 0.160 e. The van der Waals surface area contributed by atoms with E-state index in [2.05, 4.69) is 138 Å². The molecule has 0 aliphatic heterocycles. The van der Waals surface area contributed by atoms with Gasteiger partial charge < -0.3 is 4.98 Å². The lowest BCUT2D eigenvalue weighted by Crippen LogP contribution is -1.97. The number of para-hydroxylation sites is 2. The molecular weight excluding hydrogens is 621 g/mol. The fraction of sp³-hybridized carbons (Fsp3) is 0. The fourth-order valence-corrected chi connectivity index (χ4v) is 7.39. The Morgan fingerprint density at radius 2 is 0.902 bits per heavy atom. The number of nitrogens with zero attached hydrogens (tertiary/aromatic N) is 3. The lowest BCUT2D eigenvalue weighted by Gasteiger charge is -2.13. The number of imidazole rings is 1. The predicted molar refractivity (Wildman–Crippen MR) is 211 cm³/mol. The highest BCUT2D eigenvalue weighted by atomic mass is 14.9. The number of H-pyrrole nitrogens is 1. The van der Waals surface area contributed by atoms with Gasteiger partial charge in [-0.2, -0.15) is 0 Å². The number of fused-ring (bicyclic) bond motifs is 7. The van der Waals surface area contributed by atoms with Gasteiger partial charge >= 0.3 is 0 Å². The van der Waals surface area contributed by atoms with Crippen LogP contribution in [-0.4, -0.2) is 19.9 Å². The van der Waals surface area contributed by atoms with Crippen LogP contribution < -0.4 is 0 Å². The number of aromatic nitrogens is 4. The first-order valence-electron chi connectivity index (χ1n) is 17.2. The Labute approximate surface area is 294 Å². The molecule has 0 fully saturated rings. The minimum absolute atomic E-state index is 0.671. The molecule has 4 heteroatoms. The molecule has 4 nitrogen and oxygen atoms in total. The third kappa shape index (κ3) is 5.04. The van der Waals surface area contributed by atoms with E-state index < -0.39 is 0 Å². The molecule has 0 unspecified atom stereocenters. The quantitative estimate of drug-likeness (QED) is 0.189. The molecule has 0 aliphatic rings. The summed E-state index contributed by atoms with van der Waals surface area (Å²) in [5, 5.41) is 7.59. The van der Waals surface area contributed by atoms with Crippen LogP contribution in [0.25, 0.3) is 99.8 Å². The van der Waals surface area contributed by atoms with Crippen molar-refractivity contribution < 1.29 is 0 Å². The van der Waals surface area contributed by atoms with E-state index in [1.54, 1.807) is 0 Å². The van der Waals surface area contributed by atoms with Gasteiger partial charge in [0.05, 0.1) is 22.4 Å². The Bertz CT molecular complexity index is 2860. The molecule has 1 N–H and O–H groups in total. The molecular formula is C47H30N4. The van der Waals surface area contributed by atoms with Crippen LogP contribution in [0.5, 0.6) is 0 Å². The van der Waals surface area contributed by atoms with Gasteiger partial charge in [0, 0.05) is 22.3 Å². The van der Waals surface area contributed by atoms with E-state index in [1.165, 1.54) is 32.3 Å². The highest BCUT2D eigenvalue weighted by molar-refractivity contribution is 6.25. The Morgan fingerprint density at radius 3 is 1.67 bits per heavy atom. The summed E-state index contributed by atoms with van der Waals surface area (Å²) in [6, 6.07) is 61.7. The second kappa shape index (κ2) is 11.9. The highest BCUT2D eigenvalue weighted by Crippen LogP contribution is 2.38. The summed E-state index contributed by atoms with van der Waals surface area (Å²) in [4.78, 5) is 18.9. The monoisotopic (exact) mass is 650 g/mol. The van der Waals surface area contributed by atoms with E-state index in [1.807, 2.05) is 42.5 Å². The van der Waals surface area contributed by atoms with Gasteiger partial charge in [-0.3, -0.25) is 0 Å². The summed E-state index contributed by atoms with van der Waals surface area (Å²) in [5.74, 6) is 1.48. The zero-order valence-corrected chi connectivity index (χ0v) is 27.6. The molecule has 238 valence electrons. The average Bonchev–Trinajstić information content (AvgIpc) is 3.65. The first-order chi connectivity index (χ1) is 25.3. The molecule has 0 spiro atoms. The normalized spacial score (nSPS) is 11.5. The molecule has 2 aromatic heterocycles. The van der Waals surface area contributed by atoms with Gasteiger partial charge in [-0.05, 0) is 73.8 Å². The molecule has 10 aromatic rings. The minimum Gasteiger partial charge on any atom is -0.338 e. The number of benzene rings is 8. The van der Waals surface area contributed by atoms with E-state index in [4.69, 9.17) is 15.0 Å². The first-order valence-corrected chi connectivity index (χ1v) is 17.2. The first kappa shape index (κ1) is 29.0. The molecule has 8 aromatic carbocycles. The van der Waals surface area contributed by atoms with Crippen LogP contribution in [0.1, 0.15) is 0 Å². The van der Waals surface area contributed by atoms with E-state index in [0.717, 1.165) is 61.6 Å². The van der Waals surface area contributed by atoms with Gasteiger partial charge in [0.25, 0.3) is 0 Å². The molecule has 2 heterocycles. The third-order valence-electron chi connectivity index (χ3n) is 9.84. The zero-order chi connectivity index (χ0) is 33.7. The Kier molecular flexibility index (Phi) is 6.78. The Balaban J connectivity index is 1.13. The molecule has 0 saturated heterocycles. The van der Waals surface area contributed by atoms with Crippen molar-refractivity contribution in [3.05, 3.63) is 176 Å². The maximum absolute atomic E-state index is 5.25. The highest BCUT2D eigenvalue weighted by Gasteiger charge is 2.17. The van der Waals surface area contributed by atoms with Gasteiger partial charge in [0.1, 0.15) is 5.82 Å². The van der Waals surface area contributed by atoms with Crippen LogP contribution >= 0.6 is 0 Å². The van der Waals surface area contributed by atoms with Crippen molar-refractivity contribution in [2.24, 2.45) is 0 Å². The molecule has 0 atom stereocenters. The number of nitrogens with one attached hydrogen (secondary N) is 1. The van der Waals surface area contributed by atoms with Crippen molar-refractivity contribution in [2.75, 3.05) is 0 Å². The third-order valence-corrected chi connectivity index (χ3v) is 9.84. The standard InChI is InChI=1S/C47H30N4/c1-2-13-30(14-3-1)44-29-45(39-21-8-9-22-40(39)47-48-42-23-10-11-24-43(42)49-47)51-46(50-44)33-16-12-15-31(27-33)32-25-26-38-36-19-5-4-17-34(36)35-18-6-7-20-37(35)41(38)28-32/h1-29H,(H,48,49). The lowest BCUT2D eigenvalue weighted by atomic mass is 9.92. The molecule has 0 saturated carbocycles. The van der Waals surface area contributed by atoms with E-state index in [9.17, 15) is 0 Å². The van der Waals surface area contributed by atoms with Crippen LogP contribution in [0.2, 0.25) is 0 Å². The number of rotatable bonds is 5. The lowest BCUT2D eigenvalue weighted by molar-refractivity contribution is 1.18. The van der Waals surface area contributed by atoms with Gasteiger partial charge in [-0.25, -0.2) is 15.0 Å². The topological polar surface area (TPSA) is 54.5 Å². The number of hydrogen-bond acceptors (Lipinski definition) is 3. The summed E-state index contributed by atoms with van der Waals surface area (Å²) < 4.78 is 0. The van der Waals surface area contributed by atoms with Crippen molar-refractivity contribution in [1.29, 1.82) is 0 Å². The van der Waals surface area contributed by atoms with Gasteiger partial charge in [0.15, 0.2) is 5.82 Å². The largest absolute Gasteiger partial charge is 0.338 e. The van der Waals surface area contributed by atoms with Crippen molar-refractivity contribution in [2.45, 2.75) is 0 Å². The molecule has 0 amide bonds. The Hall–Kier alpha value is -6.91. The van der Waals surface area contributed by atoms with E-state index in [-0.39, 0.29) is 0 Å². The second-order valence-corrected chi connectivity index (χ2v) is 12.9. The maximum atomic E-state index is 5.25. The molecule has 51 heavy (non-hydrogen) atoms. The minimum atomic E-state index is 0.671. The van der Waals surface area contributed by atoms with Crippen molar-refractivity contribution in [1.82, 2.24) is 19.9 Å². The van der Waals surface area contributed by atoms with Crippen LogP contribution in [0.3, 0.4) is 0 Å². The van der Waals surface area contributed by atoms with Gasteiger partial charge in [-0.1, -0.05) is 146 Å². The molecule has 0 aliphatic carbocycles. The van der Waals surface area contributed by atoms with Crippen LogP contribution in [0, 0.1) is 0 Å². The van der Waals surface area contributed by atoms with Crippen molar-refractivity contribution >= 4 is 43.4 Å². The van der Waals surface area contributed by atoms with E-state index in [0.29, 0.717) is 5.82 Å². The fourth-order valence-electron chi connectivity index (χ4n) is 7.39. The van der Waals surface area contributed by atoms with Crippen LogP contribution in [-0.2, 0) is 0 Å². The van der Waals surface area contributed by atoms with E-state index >= 15 is 0 Å². The van der Waals surface area contributed by atoms with Gasteiger partial charge in [-0.15, -0.1) is 0 Å². The molecule has 10 rings (SSSR count). The van der Waals surface area contributed by atoms with Crippen molar-refractivity contribution in [3.63, 3.8) is 0 Å². The average molecular weight is 651 g/mol. The Morgan fingerprint density at radius 1 is 0.333 bits per heavy atom. The molecule has 0 radical (unpaired) electrons. The summed E-state index contributed by atoms with van der Waals surface area (Å²) >= 11 is 0. The summed E-state index contributed by atoms with van der Waals surface area (Å²) in [6.07, 6.45) is 0.